The lowest BCUT2D eigenvalue weighted by Crippen LogP contribution is -2.43. The van der Waals surface area contributed by atoms with E-state index in [0.29, 0.717) is 29.1 Å². The minimum atomic E-state index is -0.0560. The molecule has 1 aromatic carbocycles. The lowest BCUT2D eigenvalue weighted by atomic mass is 10.00. The molecular weight excluding hydrogens is 332 g/mol. The molecule has 26 heavy (non-hydrogen) atoms. The molecule has 1 aliphatic heterocycles. The Morgan fingerprint density at radius 1 is 1.35 bits per heavy atom. The molecule has 0 unspecified atom stereocenters. The summed E-state index contributed by atoms with van der Waals surface area (Å²) < 4.78 is 16.5. The molecule has 6 nitrogen and oxygen atoms in total. The van der Waals surface area contributed by atoms with Gasteiger partial charge in [0.25, 0.3) is 5.91 Å². The number of aryl methyl sites for hydroxylation is 1. The van der Waals surface area contributed by atoms with E-state index in [-0.39, 0.29) is 12.5 Å². The Labute approximate surface area is 154 Å². The third kappa shape index (κ3) is 4.00. The van der Waals surface area contributed by atoms with Gasteiger partial charge in [-0.15, -0.1) is 0 Å². The Bertz CT molecular complexity index is 756. The van der Waals surface area contributed by atoms with Gasteiger partial charge in [0, 0.05) is 12.6 Å². The number of rotatable bonds is 6. The van der Waals surface area contributed by atoms with E-state index in [1.807, 2.05) is 30.0 Å². The van der Waals surface area contributed by atoms with E-state index in [1.165, 1.54) is 12.7 Å². The zero-order chi connectivity index (χ0) is 18.5. The fourth-order valence-electron chi connectivity index (χ4n) is 3.35. The summed E-state index contributed by atoms with van der Waals surface area (Å²) in [6, 6.07) is 6.00. The number of amides is 1. The number of aromatic nitrogens is 1. The molecule has 1 fully saturated rings. The number of benzene rings is 1. The second-order valence-corrected chi connectivity index (χ2v) is 6.63. The smallest absolute Gasteiger partial charge is 0.276 e. The molecule has 0 N–H and O–H groups in total. The van der Waals surface area contributed by atoms with Crippen molar-refractivity contribution in [2.75, 3.05) is 13.7 Å². The zero-order valence-corrected chi connectivity index (χ0v) is 15.7. The van der Waals surface area contributed by atoms with Crippen molar-refractivity contribution < 1.29 is 18.7 Å². The van der Waals surface area contributed by atoms with Gasteiger partial charge in [0.2, 0.25) is 5.89 Å². The first kappa shape index (κ1) is 18.3. The molecule has 2 aromatic rings. The van der Waals surface area contributed by atoms with Crippen molar-refractivity contribution in [1.29, 1.82) is 0 Å². The third-order valence-electron chi connectivity index (χ3n) is 4.80. The lowest BCUT2D eigenvalue weighted by Gasteiger charge is -2.34. The summed E-state index contributed by atoms with van der Waals surface area (Å²) in [5, 5.41) is 0. The third-order valence-corrected chi connectivity index (χ3v) is 4.80. The van der Waals surface area contributed by atoms with E-state index in [9.17, 15) is 4.79 Å². The molecule has 1 atom stereocenters. The molecule has 0 saturated carbocycles. The number of hydrogen-bond acceptors (Lipinski definition) is 5. The van der Waals surface area contributed by atoms with Crippen LogP contribution in [0.3, 0.4) is 0 Å². The number of nitrogens with zero attached hydrogens (tertiary/aromatic N) is 2. The van der Waals surface area contributed by atoms with Gasteiger partial charge >= 0.3 is 0 Å². The molecule has 1 saturated heterocycles. The van der Waals surface area contributed by atoms with Crippen LogP contribution in [0, 0.1) is 6.92 Å². The molecule has 0 aliphatic carbocycles. The summed E-state index contributed by atoms with van der Waals surface area (Å²) in [6.07, 6.45) is 5.67. The van der Waals surface area contributed by atoms with Gasteiger partial charge in [-0.1, -0.05) is 13.0 Å². The number of likely N-dealkylation sites (tertiary alicyclic amines) is 1. The molecule has 140 valence electrons. The summed E-state index contributed by atoms with van der Waals surface area (Å²) in [7, 11) is 1.60. The monoisotopic (exact) mass is 358 g/mol. The summed E-state index contributed by atoms with van der Waals surface area (Å²) >= 11 is 0. The van der Waals surface area contributed by atoms with E-state index >= 15 is 0 Å². The van der Waals surface area contributed by atoms with E-state index in [4.69, 9.17) is 13.9 Å². The van der Waals surface area contributed by atoms with Crippen LogP contribution in [0.25, 0.3) is 0 Å². The summed E-state index contributed by atoms with van der Waals surface area (Å²) in [5.41, 5.74) is 1.44. The highest BCUT2D eigenvalue weighted by atomic mass is 16.5. The van der Waals surface area contributed by atoms with Crippen molar-refractivity contribution in [3.63, 3.8) is 0 Å². The predicted octanol–water partition coefficient (Wildman–Crippen LogP) is 3.98. The maximum absolute atomic E-state index is 12.7. The Balaban J connectivity index is 1.65. The SMILES string of the molecule is CC[C@H]1CCCCN1C(=O)c1coc(COc2ccc(C)cc2OC)n1. The number of piperidine rings is 1. The van der Waals surface area contributed by atoms with Gasteiger partial charge in [-0.2, -0.15) is 0 Å². The van der Waals surface area contributed by atoms with Crippen molar-refractivity contribution in [1.82, 2.24) is 9.88 Å². The van der Waals surface area contributed by atoms with Crippen LogP contribution in [0.5, 0.6) is 11.5 Å². The lowest BCUT2D eigenvalue weighted by molar-refractivity contribution is 0.0602. The van der Waals surface area contributed by atoms with Gasteiger partial charge in [-0.05, 0) is 50.3 Å². The first-order chi connectivity index (χ1) is 12.6. The number of methoxy groups -OCH3 is 1. The van der Waals surface area contributed by atoms with Gasteiger partial charge < -0.3 is 18.8 Å². The van der Waals surface area contributed by atoms with Crippen LogP contribution in [-0.2, 0) is 6.61 Å². The number of carbonyl (C=O) groups excluding carboxylic acids is 1. The van der Waals surface area contributed by atoms with Crippen molar-refractivity contribution in [2.24, 2.45) is 0 Å². The number of hydrogen-bond donors (Lipinski definition) is 0. The fraction of sp³-hybridized carbons (Fsp3) is 0.500. The number of oxazole rings is 1. The Morgan fingerprint density at radius 2 is 2.19 bits per heavy atom. The van der Waals surface area contributed by atoms with Crippen molar-refractivity contribution in [2.45, 2.75) is 52.2 Å². The zero-order valence-electron chi connectivity index (χ0n) is 15.7. The maximum atomic E-state index is 12.7. The van der Waals surface area contributed by atoms with Gasteiger partial charge in [-0.3, -0.25) is 4.79 Å². The van der Waals surface area contributed by atoms with Gasteiger partial charge in [0.05, 0.1) is 7.11 Å². The van der Waals surface area contributed by atoms with Crippen LogP contribution in [0.4, 0.5) is 0 Å². The average Bonchev–Trinajstić information content (AvgIpc) is 3.15. The molecule has 0 bridgehead atoms. The number of ether oxygens (including phenoxy) is 2. The molecule has 3 rings (SSSR count). The summed E-state index contributed by atoms with van der Waals surface area (Å²) in [6.45, 7) is 5.04. The van der Waals surface area contributed by atoms with Gasteiger partial charge in [0.15, 0.2) is 23.8 Å². The van der Waals surface area contributed by atoms with E-state index in [2.05, 4.69) is 11.9 Å². The first-order valence-corrected chi connectivity index (χ1v) is 9.15. The quantitative estimate of drug-likeness (QED) is 0.781. The molecule has 0 radical (unpaired) electrons. The second-order valence-electron chi connectivity index (χ2n) is 6.63. The van der Waals surface area contributed by atoms with Crippen LogP contribution in [0.2, 0.25) is 0 Å². The van der Waals surface area contributed by atoms with Crippen LogP contribution in [0.1, 0.15) is 54.5 Å². The van der Waals surface area contributed by atoms with Crippen LogP contribution in [-0.4, -0.2) is 35.5 Å². The fourth-order valence-corrected chi connectivity index (χ4v) is 3.35. The summed E-state index contributed by atoms with van der Waals surface area (Å²) in [5.74, 6) is 1.60. The molecule has 1 aliphatic rings. The van der Waals surface area contributed by atoms with E-state index < -0.39 is 0 Å². The van der Waals surface area contributed by atoms with Crippen LogP contribution < -0.4 is 9.47 Å². The van der Waals surface area contributed by atoms with Crippen molar-refractivity contribution in [3.8, 4) is 11.5 Å². The summed E-state index contributed by atoms with van der Waals surface area (Å²) in [4.78, 5) is 19.0. The molecule has 2 heterocycles. The van der Waals surface area contributed by atoms with Gasteiger partial charge in [-0.25, -0.2) is 4.98 Å². The minimum absolute atomic E-state index is 0.0560. The standard InChI is InChI=1S/C20H26N2O4/c1-4-15-7-5-6-10-22(15)20(23)16-12-26-19(21-16)13-25-17-9-8-14(2)11-18(17)24-3/h8-9,11-12,15H,4-7,10,13H2,1-3H3/t15-/m0/s1. The Morgan fingerprint density at radius 3 is 2.96 bits per heavy atom. The van der Waals surface area contributed by atoms with E-state index in [0.717, 1.165) is 31.4 Å². The minimum Gasteiger partial charge on any atom is -0.493 e. The maximum Gasteiger partial charge on any atom is 0.276 e. The predicted molar refractivity (Wildman–Crippen MR) is 97.5 cm³/mol. The Kier molecular flexibility index (Phi) is 5.81. The highest BCUT2D eigenvalue weighted by molar-refractivity contribution is 5.92. The van der Waals surface area contributed by atoms with Crippen molar-refractivity contribution >= 4 is 5.91 Å². The highest BCUT2D eigenvalue weighted by Crippen LogP contribution is 2.28. The molecule has 6 heteroatoms. The topological polar surface area (TPSA) is 64.8 Å². The van der Waals surface area contributed by atoms with Crippen LogP contribution >= 0.6 is 0 Å². The highest BCUT2D eigenvalue weighted by Gasteiger charge is 2.28. The van der Waals surface area contributed by atoms with Crippen molar-refractivity contribution in [3.05, 3.63) is 41.6 Å². The largest absolute Gasteiger partial charge is 0.493 e. The van der Waals surface area contributed by atoms with Crippen LogP contribution in [0.15, 0.2) is 28.9 Å². The molecule has 1 aromatic heterocycles. The van der Waals surface area contributed by atoms with E-state index in [1.54, 1.807) is 7.11 Å². The molecule has 0 spiro atoms. The second kappa shape index (κ2) is 8.25. The normalized spacial score (nSPS) is 17.2. The molecule has 1 amide bonds. The Hall–Kier alpha value is -2.50. The van der Waals surface area contributed by atoms with Gasteiger partial charge in [0.1, 0.15) is 6.26 Å². The number of carbonyl (C=O) groups is 1. The average molecular weight is 358 g/mol. The molecular formula is C20H26N2O4. The first-order valence-electron chi connectivity index (χ1n) is 9.15.